The van der Waals surface area contributed by atoms with Crippen LogP contribution in [0.3, 0.4) is 0 Å². The van der Waals surface area contributed by atoms with E-state index in [1.807, 2.05) is 13.8 Å². The number of nitro groups is 1. The van der Waals surface area contributed by atoms with Crippen LogP contribution in [0.4, 0.5) is 11.4 Å². The van der Waals surface area contributed by atoms with Crippen molar-refractivity contribution in [2.24, 2.45) is 0 Å². The third-order valence-corrected chi connectivity index (χ3v) is 2.19. The topological polar surface area (TPSA) is 73.3 Å². The maximum absolute atomic E-state index is 11.1. The van der Waals surface area contributed by atoms with Crippen molar-refractivity contribution in [2.75, 3.05) is 18.0 Å². The smallest absolute Gasteiger partial charge is 0.304 e. The van der Waals surface area contributed by atoms with Gasteiger partial charge in [-0.2, -0.15) is 4.73 Å². The number of hydrogen-bond donors (Lipinski definition) is 0. The first-order chi connectivity index (χ1) is 7.10. The van der Waals surface area contributed by atoms with Crippen molar-refractivity contribution in [1.29, 1.82) is 0 Å². The summed E-state index contributed by atoms with van der Waals surface area (Å²) in [5.41, 5.74) is 0.327. The van der Waals surface area contributed by atoms with Crippen molar-refractivity contribution < 1.29 is 9.65 Å². The van der Waals surface area contributed by atoms with Gasteiger partial charge >= 0.3 is 5.69 Å². The van der Waals surface area contributed by atoms with E-state index in [0.717, 1.165) is 6.20 Å². The fourth-order valence-corrected chi connectivity index (χ4v) is 1.42. The zero-order chi connectivity index (χ0) is 11.4. The second kappa shape index (κ2) is 4.59. The lowest BCUT2D eigenvalue weighted by Gasteiger charge is -2.19. The molecule has 0 aliphatic carbocycles. The molecule has 0 saturated heterocycles. The Hall–Kier alpha value is -1.85. The lowest BCUT2D eigenvalue weighted by atomic mass is 10.3. The van der Waals surface area contributed by atoms with E-state index in [9.17, 15) is 15.3 Å². The van der Waals surface area contributed by atoms with Crippen molar-refractivity contribution >= 4 is 11.4 Å². The highest BCUT2D eigenvalue weighted by atomic mass is 16.6. The van der Waals surface area contributed by atoms with E-state index in [2.05, 4.69) is 0 Å². The minimum Gasteiger partial charge on any atom is -0.619 e. The summed E-state index contributed by atoms with van der Waals surface area (Å²) in [5, 5.41) is 21.8. The summed E-state index contributed by atoms with van der Waals surface area (Å²) in [6.45, 7) is 5.02. The van der Waals surface area contributed by atoms with Crippen LogP contribution >= 0.6 is 0 Å². The van der Waals surface area contributed by atoms with Crippen LogP contribution in [0.25, 0.3) is 0 Å². The van der Waals surface area contributed by atoms with Gasteiger partial charge in [0, 0.05) is 13.1 Å². The van der Waals surface area contributed by atoms with Gasteiger partial charge in [0.2, 0.25) is 6.20 Å². The molecule has 0 unspecified atom stereocenters. The van der Waals surface area contributed by atoms with Crippen molar-refractivity contribution in [3.8, 4) is 0 Å². The number of anilines is 1. The Kier molecular flexibility index (Phi) is 3.43. The molecule has 15 heavy (non-hydrogen) atoms. The van der Waals surface area contributed by atoms with Crippen LogP contribution in [0.5, 0.6) is 0 Å². The van der Waals surface area contributed by atoms with Gasteiger partial charge in [-0.1, -0.05) is 0 Å². The quantitative estimate of drug-likeness (QED) is 0.323. The summed E-state index contributed by atoms with van der Waals surface area (Å²) in [5.74, 6) is 0. The maximum atomic E-state index is 11.1. The third-order valence-electron chi connectivity index (χ3n) is 2.19. The Morgan fingerprint density at radius 2 is 2.07 bits per heavy atom. The van der Waals surface area contributed by atoms with Crippen molar-refractivity contribution in [3.63, 3.8) is 0 Å². The Labute approximate surface area is 87.5 Å². The maximum Gasteiger partial charge on any atom is 0.304 e. The lowest BCUT2D eigenvalue weighted by molar-refractivity contribution is -0.605. The number of rotatable bonds is 4. The van der Waals surface area contributed by atoms with Crippen LogP contribution in [0.2, 0.25) is 0 Å². The summed E-state index contributed by atoms with van der Waals surface area (Å²) in [7, 11) is 0. The van der Waals surface area contributed by atoms with Crippen LogP contribution in [0, 0.1) is 15.3 Å². The standard InChI is InChI=1S/C9H13N3O3/c1-3-10(4-2)9-7-11(13)6-5-8(9)12(14)15/h5-7H,3-4H2,1-2H3. The summed E-state index contributed by atoms with van der Waals surface area (Å²) >= 11 is 0. The van der Waals surface area contributed by atoms with Gasteiger partial charge in [0.1, 0.15) is 0 Å². The normalized spacial score (nSPS) is 10.0. The van der Waals surface area contributed by atoms with Crippen molar-refractivity contribution in [1.82, 2.24) is 0 Å². The fraction of sp³-hybridized carbons (Fsp3) is 0.444. The molecule has 0 amide bonds. The monoisotopic (exact) mass is 211 g/mol. The number of hydrogen-bond acceptors (Lipinski definition) is 4. The molecule has 0 aliphatic heterocycles. The van der Waals surface area contributed by atoms with E-state index in [0.29, 0.717) is 23.5 Å². The number of pyridine rings is 1. The van der Waals surface area contributed by atoms with Crippen molar-refractivity contribution in [3.05, 3.63) is 33.8 Å². The van der Waals surface area contributed by atoms with Gasteiger partial charge in [-0.3, -0.25) is 10.1 Å². The van der Waals surface area contributed by atoms with Gasteiger partial charge in [0.25, 0.3) is 0 Å². The fourth-order valence-electron chi connectivity index (χ4n) is 1.42. The molecule has 6 heteroatoms. The minimum absolute atomic E-state index is 0.0363. The van der Waals surface area contributed by atoms with E-state index in [1.54, 1.807) is 4.90 Å². The Bertz CT molecular complexity index is 364. The Morgan fingerprint density at radius 1 is 1.47 bits per heavy atom. The zero-order valence-corrected chi connectivity index (χ0v) is 8.71. The van der Waals surface area contributed by atoms with E-state index < -0.39 is 4.92 Å². The largest absolute Gasteiger partial charge is 0.619 e. The third kappa shape index (κ3) is 2.34. The molecule has 82 valence electrons. The number of nitrogens with zero attached hydrogens (tertiary/aromatic N) is 3. The summed E-state index contributed by atoms with van der Waals surface area (Å²) in [6.07, 6.45) is 2.36. The predicted molar refractivity (Wildman–Crippen MR) is 55.6 cm³/mol. The van der Waals surface area contributed by atoms with E-state index in [4.69, 9.17) is 0 Å². The molecular weight excluding hydrogens is 198 g/mol. The highest BCUT2D eigenvalue weighted by molar-refractivity contribution is 5.60. The average Bonchev–Trinajstić information content (AvgIpc) is 2.19. The second-order valence-electron chi connectivity index (χ2n) is 3.00. The highest BCUT2D eigenvalue weighted by Crippen LogP contribution is 2.25. The first-order valence-electron chi connectivity index (χ1n) is 4.72. The SMILES string of the molecule is CCN(CC)c1c[n+]([O-])ccc1[N+](=O)[O-]. The van der Waals surface area contributed by atoms with Crippen LogP contribution in [-0.2, 0) is 0 Å². The van der Waals surface area contributed by atoms with Gasteiger partial charge < -0.3 is 10.1 Å². The number of aromatic nitrogens is 1. The van der Waals surface area contributed by atoms with Gasteiger partial charge in [-0.25, -0.2) is 0 Å². The first kappa shape index (κ1) is 11.2. The minimum atomic E-state index is -0.479. The molecule has 0 bridgehead atoms. The van der Waals surface area contributed by atoms with Crippen LogP contribution in [0.1, 0.15) is 13.8 Å². The molecule has 1 rings (SSSR count). The zero-order valence-electron chi connectivity index (χ0n) is 8.71. The first-order valence-corrected chi connectivity index (χ1v) is 4.72. The predicted octanol–water partition coefficient (Wildman–Crippen LogP) is 1.07. The Morgan fingerprint density at radius 3 is 2.53 bits per heavy atom. The van der Waals surface area contributed by atoms with E-state index in [1.165, 1.54) is 12.3 Å². The molecule has 0 saturated carbocycles. The summed E-state index contributed by atoms with van der Waals surface area (Å²) in [4.78, 5) is 12.0. The second-order valence-corrected chi connectivity index (χ2v) is 3.00. The summed E-state index contributed by atoms with van der Waals surface area (Å²) in [6, 6.07) is 1.22. The molecular formula is C9H13N3O3. The molecule has 0 atom stereocenters. The van der Waals surface area contributed by atoms with Crippen LogP contribution in [-0.4, -0.2) is 18.0 Å². The highest BCUT2D eigenvalue weighted by Gasteiger charge is 2.20. The molecule has 1 heterocycles. The van der Waals surface area contributed by atoms with Gasteiger partial charge in [-0.15, -0.1) is 0 Å². The molecule has 0 N–H and O–H groups in total. The Balaban J connectivity index is 3.22. The van der Waals surface area contributed by atoms with Gasteiger partial charge in [-0.05, 0) is 13.8 Å². The summed E-state index contributed by atoms with van der Waals surface area (Å²) < 4.78 is 0.570. The molecule has 1 aromatic rings. The van der Waals surface area contributed by atoms with Crippen LogP contribution < -0.4 is 9.63 Å². The van der Waals surface area contributed by atoms with Crippen LogP contribution in [0.15, 0.2) is 18.5 Å². The molecule has 6 nitrogen and oxygen atoms in total. The lowest BCUT2D eigenvalue weighted by Crippen LogP contribution is -2.30. The van der Waals surface area contributed by atoms with Gasteiger partial charge in [0.15, 0.2) is 11.9 Å². The van der Waals surface area contributed by atoms with Gasteiger partial charge in [0.05, 0.1) is 11.0 Å². The average molecular weight is 211 g/mol. The molecule has 0 fully saturated rings. The molecule has 0 aromatic carbocycles. The molecule has 0 radical (unpaired) electrons. The van der Waals surface area contributed by atoms with Crippen molar-refractivity contribution in [2.45, 2.75) is 13.8 Å². The molecule has 1 aromatic heterocycles. The van der Waals surface area contributed by atoms with E-state index in [-0.39, 0.29) is 5.69 Å². The van der Waals surface area contributed by atoms with E-state index >= 15 is 0 Å². The molecule has 0 aliphatic rings. The molecule has 0 spiro atoms.